The number of hydrogen-bond donors (Lipinski definition) is 2. The second-order valence-electron chi connectivity index (χ2n) is 10.1. The molecule has 5 heterocycles. The van der Waals surface area contributed by atoms with E-state index in [0.29, 0.717) is 0 Å². The van der Waals surface area contributed by atoms with Crippen LogP contribution in [0, 0.1) is 13.8 Å². The number of allylic oxidation sites excluding steroid dienone is 4. The molecule has 196 valence electrons. The number of fused-ring (bicyclic) bond motifs is 8. The number of nitrogens with one attached hydrogen (secondary N) is 2. The summed E-state index contributed by atoms with van der Waals surface area (Å²) in [4.78, 5) is 17.7. The summed E-state index contributed by atoms with van der Waals surface area (Å²) >= 11 is 0. The van der Waals surface area contributed by atoms with E-state index < -0.39 is 0 Å². The molecule has 2 aliphatic heterocycles. The Bertz CT molecular complexity index is 1490. The summed E-state index contributed by atoms with van der Waals surface area (Å²) < 4.78 is 0. The van der Waals surface area contributed by atoms with Crippen LogP contribution in [0.15, 0.2) is 24.3 Å². The van der Waals surface area contributed by atoms with E-state index in [1.165, 1.54) is 44.5 Å². The maximum atomic E-state index is 5.15. The normalized spacial score (nSPS) is 13.4. The van der Waals surface area contributed by atoms with Crippen LogP contribution in [0.25, 0.3) is 44.4 Å². The van der Waals surface area contributed by atoms with Crippen LogP contribution in [-0.4, -0.2) is 19.9 Å². The van der Waals surface area contributed by atoms with Crippen LogP contribution < -0.4 is 0 Å². The maximum absolute atomic E-state index is 5.15. The van der Waals surface area contributed by atoms with Crippen molar-refractivity contribution in [3.63, 3.8) is 0 Å². The van der Waals surface area contributed by atoms with E-state index in [4.69, 9.17) is 9.97 Å². The number of H-pyrrole nitrogens is 2. The van der Waals surface area contributed by atoms with Crippen LogP contribution in [0.1, 0.15) is 99.4 Å². The molecule has 0 saturated heterocycles. The Morgan fingerprint density at radius 1 is 0.514 bits per heavy atom. The van der Waals surface area contributed by atoms with Crippen LogP contribution in [0.2, 0.25) is 0 Å². The van der Waals surface area contributed by atoms with E-state index in [0.717, 1.165) is 70.5 Å². The van der Waals surface area contributed by atoms with Gasteiger partial charge in [-0.3, -0.25) is 0 Å². The Kier molecular flexibility index (Phi) is 7.67. The minimum atomic E-state index is 0. The predicted octanol–water partition coefficient (Wildman–Crippen LogP) is 8.74. The fourth-order valence-corrected chi connectivity index (χ4v) is 6.02. The molecular weight excluding hydrogens is 499 g/mol. The summed E-state index contributed by atoms with van der Waals surface area (Å²) in [6.07, 6.45) is 3.86. The summed E-state index contributed by atoms with van der Waals surface area (Å²) in [5.41, 5.74) is 19.3. The smallest absolute Gasteiger partial charge is 0.0693 e. The van der Waals surface area contributed by atoms with Crippen molar-refractivity contribution in [1.82, 2.24) is 19.9 Å². The summed E-state index contributed by atoms with van der Waals surface area (Å²) in [6.45, 7) is 17.8. The van der Waals surface area contributed by atoms with Gasteiger partial charge in [-0.25, -0.2) is 9.97 Å². The van der Waals surface area contributed by atoms with Gasteiger partial charge in [-0.1, -0.05) is 27.7 Å². The summed E-state index contributed by atoms with van der Waals surface area (Å²) in [5.74, 6) is 0. The number of aromatic amines is 2. The van der Waals surface area contributed by atoms with Crippen molar-refractivity contribution in [2.75, 3.05) is 0 Å². The Balaban J connectivity index is 0.00000320. The zero-order valence-electron chi connectivity index (χ0n) is 23.3. The first-order chi connectivity index (χ1) is 17.3. The van der Waals surface area contributed by atoms with Gasteiger partial charge in [-0.15, -0.1) is 0 Å². The van der Waals surface area contributed by atoms with Crippen molar-refractivity contribution in [1.29, 1.82) is 0 Å². The molecule has 0 aliphatic carbocycles. The maximum Gasteiger partial charge on any atom is 0.0693 e. The molecule has 0 saturated carbocycles. The molecule has 0 aromatic carbocycles. The molecule has 0 unspecified atom stereocenters. The van der Waals surface area contributed by atoms with E-state index in [1.807, 2.05) is 0 Å². The Labute approximate surface area is 230 Å². The van der Waals surface area contributed by atoms with Gasteiger partial charge in [0.05, 0.1) is 22.8 Å². The van der Waals surface area contributed by atoms with Gasteiger partial charge in [0.1, 0.15) is 0 Å². The number of hydrogen-bond acceptors (Lipinski definition) is 2. The van der Waals surface area contributed by atoms with Gasteiger partial charge in [-0.05, 0) is 122 Å². The van der Waals surface area contributed by atoms with Crippen molar-refractivity contribution in [3.8, 4) is 0 Å². The van der Waals surface area contributed by atoms with Crippen molar-refractivity contribution in [2.24, 2.45) is 0 Å². The van der Waals surface area contributed by atoms with Crippen LogP contribution in [-0.2, 0) is 29.3 Å². The third-order valence-corrected chi connectivity index (χ3v) is 8.21. The number of aromatic nitrogens is 4. The fourth-order valence-electron chi connectivity index (χ4n) is 6.02. The topological polar surface area (TPSA) is 57.4 Å². The van der Waals surface area contributed by atoms with Gasteiger partial charge in [0.15, 0.2) is 0 Å². The first kappa shape index (κ1) is 27.1. The van der Waals surface area contributed by atoms with Gasteiger partial charge in [0.2, 0.25) is 0 Å². The zero-order chi connectivity index (χ0) is 25.7. The van der Waals surface area contributed by atoms with E-state index in [-0.39, 0.29) is 16.5 Å². The number of aryl methyl sites for hydroxylation is 4. The van der Waals surface area contributed by atoms with Gasteiger partial charge >= 0.3 is 0 Å². The second kappa shape index (κ2) is 10.5. The molecule has 0 amide bonds. The van der Waals surface area contributed by atoms with Crippen LogP contribution in [0.4, 0.5) is 0 Å². The molecule has 5 heteroatoms. The van der Waals surface area contributed by atoms with Crippen molar-refractivity contribution in [3.05, 3.63) is 69.3 Å². The predicted molar refractivity (Wildman–Crippen MR) is 155 cm³/mol. The molecule has 3 aromatic heterocycles. The second-order valence-corrected chi connectivity index (χ2v) is 10.1. The van der Waals surface area contributed by atoms with Crippen LogP contribution in [0.3, 0.4) is 0 Å². The third kappa shape index (κ3) is 4.42. The molecule has 0 spiro atoms. The molecule has 0 atom stereocenters. The summed E-state index contributed by atoms with van der Waals surface area (Å²) in [6, 6.07) is 8.98. The SMILES string of the molecule is CCC1=C(C)c2cc3[nH]c(cc4nc(cc5[nH]c(cc1n2)c(C)c5CC)C(C)=C4CC)c(C)c3CC.[Ni]. The van der Waals surface area contributed by atoms with E-state index in [9.17, 15) is 0 Å². The molecular formula is C32H38N4Ni. The molecule has 4 nitrogen and oxygen atoms in total. The molecule has 0 fully saturated rings. The quantitative estimate of drug-likeness (QED) is 0.327. The van der Waals surface area contributed by atoms with Crippen molar-refractivity contribution >= 4 is 44.4 Å². The molecule has 2 N–H and O–H groups in total. The third-order valence-electron chi connectivity index (χ3n) is 8.21. The Morgan fingerprint density at radius 3 is 1.19 bits per heavy atom. The minimum Gasteiger partial charge on any atom is -0.355 e. The molecule has 0 radical (unpaired) electrons. The summed E-state index contributed by atoms with van der Waals surface area (Å²) in [5, 5.41) is 0. The van der Waals surface area contributed by atoms with Crippen LogP contribution in [0.5, 0.6) is 0 Å². The molecule has 3 aromatic rings. The number of rotatable bonds is 4. The van der Waals surface area contributed by atoms with Gasteiger partial charge < -0.3 is 9.97 Å². The zero-order valence-corrected chi connectivity index (χ0v) is 24.3. The fraction of sp³-hybridized carbons (Fsp3) is 0.375. The van der Waals surface area contributed by atoms with Crippen molar-refractivity contribution in [2.45, 2.75) is 81.1 Å². The number of nitrogens with zero attached hydrogens (tertiary/aromatic N) is 2. The van der Waals surface area contributed by atoms with Gasteiger partial charge in [0, 0.05) is 38.6 Å². The van der Waals surface area contributed by atoms with E-state index in [1.54, 1.807) is 0 Å². The van der Waals surface area contributed by atoms with E-state index in [2.05, 4.69) is 89.6 Å². The average molecular weight is 537 g/mol. The Morgan fingerprint density at radius 2 is 0.865 bits per heavy atom. The van der Waals surface area contributed by atoms with E-state index >= 15 is 0 Å². The molecule has 8 bridgehead atoms. The van der Waals surface area contributed by atoms with Crippen LogP contribution >= 0.6 is 0 Å². The standard InChI is InChI=1S/C32H38N4.Ni/c1-9-21-17(5)25-14-30-23(11-3)19(7)27(35-30)16-32-24(12-4)20(8)28(36-32)15-31-22(10-2)18(6)26(34-31)13-29(21)33-25;/h13-16,33,36H,9-12H2,1-8H3;. The molecule has 2 aliphatic rings. The summed E-state index contributed by atoms with van der Waals surface area (Å²) in [7, 11) is 0. The minimum absolute atomic E-state index is 0. The molecule has 37 heavy (non-hydrogen) atoms. The van der Waals surface area contributed by atoms with Gasteiger partial charge in [0.25, 0.3) is 0 Å². The first-order valence-corrected chi connectivity index (χ1v) is 13.4. The first-order valence-electron chi connectivity index (χ1n) is 13.4. The average Bonchev–Trinajstić information content (AvgIpc) is 3.51. The largest absolute Gasteiger partial charge is 0.355 e. The Hall–Kier alpha value is -2.91. The monoisotopic (exact) mass is 536 g/mol. The van der Waals surface area contributed by atoms with Gasteiger partial charge in [-0.2, -0.15) is 0 Å². The molecule has 5 rings (SSSR count). The van der Waals surface area contributed by atoms with Crippen molar-refractivity contribution < 1.29 is 16.5 Å².